The predicted octanol–water partition coefficient (Wildman–Crippen LogP) is 2.53. The van der Waals surface area contributed by atoms with Crippen molar-refractivity contribution < 1.29 is 9.90 Å². The lowest BCUT2D eigenvalue weighted by Gasteiger charge is -2.31. The molecule has 0 amide bonds. The number of aryl methyl sites for hydroxylation is 1. The van der Waals surface area contributed by atoms with Gasteiger partial charge in [0.25, 0.3) is 0 Å². The summed E-state index contributed by atoms with van der Waals surface area (Å²) in [5.74, 6) is -0.913. The van der Waals surface area contributed by atoms with Gasteiger partial charge >= 0.3 is 5.97 Å². The third-order valence-corrected chi connectivity index (χ3v) is 4.91. The number of carboxylic acid groups (broad SMARTS) is 1. The van der Waals surface area contributed by atoms with Gasteiger partial charge in [-0.25, -0.2) is 4.79 Å². The Morgan fingerprint density at radius 3 is 2.75 bits per heavy atom. The third kappa shape index (κ3) is 3.48. The van der Waals surface area contributed by atoms with Crippen molar-refractivity contribution in [3.05, 3.63) is 47.0 Å². The number of carboxylic acids is 1. The fourth-order valence-electron chi connectivity index (χ4n) is 3.36. The number of rotatable bonds is 5. The summed E-state index contributed by atoms with van der Waals surface area (Å²) in [5.41, 5.74) is 3.08. The van der Waals surface area contributed by atoms with E-state index >= 15 is 0 Å². The molecule has 1 aliphatic heterocycles. The average molecular weight is 328 g/mol. The summed E-state index contributed by atoms with van der Waals surface area (Å²) in [5, 5.41) is 14.0. The minimum Gasteiger partial charge on any atom is -0.478 e. The summed E-state index contributed by atoms with van der Waals surface area (Å²) < 4.78 is 2.08. The topological polar surface area (TPSA) is 71.2 Å². The van der Waals surface area contributed by atoms with E-state index in [1.807, 2.05) is 6.92 Å². The van der Waals surface area contributed by atoms with Crippen molar-refractivity contribution in [2.75, 3.05) is 19.6 Å². The number of likely N-dealkylation sites (tertiary alicyclic amines) is 1. The van der Waals surface area contributed by atoms with Gasteiger partial charge in [-0.05, 0) is 43.5 Å². The summed E-state index contributed by atoms with van der Waals surface area (Å²) in [7, 11) is 0. The SMILES string of the molecule is CCN1CCC(n2cc(Cc3cnccc3C(=O)O)c(C)n2)CC1. The molecule has 2 aromatic heterocycles. The van der Waals surface area contributed by atoms with Crippen molar-refractivity contribution in [2.45, 2.75) is 39.2 Å². The fraction of sp³-hybridized carbons (Fsp3) is 0.500. The molecule has 0 unspecified atom stereocenters. The van der Waals surface area contributed by atoms with Gasteiger partial charge in [0.05, 0.1) is 17.3 Å². The Balaban J connectivity index is 1.77. The molecule has 0 aliphatic carbocycles. The zero-order valence-electron chi connectivity index (χ0n) is 14.3. The van der Waals surface area contributed by atoms with Crippen molar-refractivity contribution in [1.29, 1.82) is 0 Å². The van der Waals surface area contributed by atoms with E-state index in [9.17, 15) is 9.90 Å². The summed E-state index contributed by atoms with van der Waals surface area (Å²) in [4.78, 5) is 17.9. The van der Waals surface area contributed by atoms with Crippen LogP contribution in [-0.4, -0.2) is 50.4 Å². The largest absolute Gasteiger partial charge is 0.478 e. The number of piperidine rings is 1. The van der Waals surface area contributed by atoms with Crippen molar-refractivity contribution in [3.63, 3.8) is 0 Å². The van der Waals surface area contributed by atoms with Gasteiger partial charge in [-0.3, -0.25) is 9.67 Å². The molecule has 24 heavy (non-hydrogen) atoms. The zero-order chi connectivity index (χ0) is 17.1. The Kier molecular flexibility index (Phi) is 4.94. The normalized spacial score (nSPS) is 16.4. The molecule has 1 fully saturated rings. The molecule has 0 bridgehead atoms. The van der Waals surface area contributed by atoms with Crippen molar-refractivity contribution in [1.82, 2.24) is 19.7 Å². The lowest BCUT2D eigenvalue weighted by Crippen LogP contribution is -2.34. The summed E-state index contributed by atoms with van der Waals surface area (Å²) in [6, 6.07) is 1.99. The number of aromatic carboxylic acids is 1. The third-order valence-electron chi connectivity index (χ3n) is 4.91. The van der Waals surface area contributed by atoms with Gasteiger partial charge in [-0.2, -0.15) is 5.10 Å². The van der Waals surface area contributed by atoms with E-state index in [1.54, 1.807) is 12.3 Å². The van der Waals surface area contributed by atoms with Crippen molar-refractivity contribution in [3.8, 4) is 0 Å². The van der Waals surface area contributed by atoms with Gasteiger partial charge in [-0.15, -0.1) is 0 Å². The molecule has 3 rings (SSSR count). The molecule has 6 heteroatoms. The van der Waals surface area contributed by atoms with E-state index in [0.29, 0.717) is 18.0 Å². The van der Waals surface area contributed by atoms with Gasteiger partial charge in [0, 0.05) is 38.1 Å². The highest BCUT2D eigenvalue weighted by Gasteiger charge is 2.21. The molecule has 0 aromatic carbocycles. The van der Waals surface area contributed by atoms with Gasteiger partial charge in [0.15, 0.2) is 0 Å². The number of hydrogen-bond donors (Lipinski definition) is 1. The lowest BCUT2D eigenvalue weighted by molar-refractivity contribution is 0.0695. The van der Waals surface area contributed by atoms with Crippen LogP contribution in [0.25, 0.3) is 0 Å². The number of hydrogen-bond acceptors (Lipinski definition) is 4. The molecule has 0 saturated carbocycles. The number of nitrogens with zero attached hydrogens (tertiary/aromatic N) is 4. The number of aromatic nitrogens is 3. The molecule has 1 saturated heterocycles. The minimum atomic E-state index is -0.913. The molecule has 0 atom stereocenters. The predicted molar refractivity (Wildman–Crippen MR) is 91.4 cm³/mol. The van der Waals surface area contributed by atoms with Crippen LogP contribution < -0.4 is 0 Å². The Bertz CT molecular complexity index is 718. The quantitative estimate of drug-likeness (QED) is 0.913. The zero-order valence-corrected chi connectivity index (χ0v) is 14.3. The molecule has 0 spiro atoms. The van der Waals surface area contributed by atoms with Crippen LogP contribution in [0.15, 0.2) is 24.7 Å². The van der Waals surface area contributed by atoms with Crippen LogP contribution in [0, 0.1) is 6.92 Å². The van der Waals surface area contributed by atoms with Crippen LogP contribution in [0.5, 0.6) is 0 Å². The molecule has 128 valence electrons. The average Bonchev–Trinajstić information content (AvgIpc) is 2.96. The number of pyridine rings is 1. The molecule has 1 aliphatic rings. The van der Waals surface area contributed by atoms with E-state index in [4.69, 9.17) is 0 Å². The molecule has 0 radical (unpaired) electrons. The van der Waals surface area contributed by atoms with E-state index in [2.05, 4.69) is 32.8 Å². The van der Waals surface area contributed by atoms with Crippen molar-refractivity contribution in [2.24, 2.45) is 0 Å². The van der Waals surface area contributed by atoms with Crippen LogP contribution in [0.1, 0.15) is 53.0 Å². The maximum Gasteiger partial charge on any atom is 0.336 e. The van der Waals surface area contributed by atoms with Crippen molar-refractivity contribution >= 4 is 5.97 Å². The van der Waals surface area contributed by atoms with Gasteiger partial charge < -0.3 is 10.0 Å². The molecule has 1 N–H and O–H groups in total. The lowest BCUT2D eigenvalue weighted by atomic mass is 10.0. The van der Waals surface area contributed by atoms with Gasteiger partial charge in [0.1, 0.15) is 0 Å². The van der Waals surface area contributed by atoms with Gasteiger partial charge in [0.2, 0.25) is 0 Å². The van der Waals surface area contributed by atoms with E-state index < -0.39 is 5.97 Å². The molecule has 2 aromatic rings. The van der Waals surface area contributed by atoms with Crippen LogP contribution >= 0.6 is 0 Å². The Morgan fingerprint density at radius 2 is 2.08 bits per heavy atom. The maximum atomic E-state index is 11.4. The smallest absolute Gasteiger partial charge is 0.336 e. The second kappa shape index (κ2) is 7.13. The Labute approximate surface area is 142 Å². The maximum absolute atomic E-state index is 11.4. The minimum absolute atomic E-state index is 0.313. The highest BCUT2D eigenvalue weighted by Crippen LogP contribution is 2.24. The van der Waals surface area contributed by atoms with Gasteiger partial charge in [-0.1, -0.05) is 6.92 Å². The van der Waals surface area contributed by atoms with E-state index in [1.165, 1.54) is 6.20 Å². The number of carbonyl (C=O) groups is 1. The monoisotopic (exact) mass is 328 g/mol. The highest BCUT2D eigenvalue weighted by molar-refractivity contribution is 5.89. The van der Waals surface area contributed by atoms with Crippen LogP contribution in [0.2, 0.25) is 0 Å². The van der Waals surface area contributed by atoms with Crippen LogP contribution in [0.4, 0.5) is 0 Å². The standard InChI is InChI=1S/C18H24N4O2/c1-3-21-8-5-16(6-9-21)22-12-15(13(2)20-22)10-14-11-19-7-4-17(14)18(23)24/h4,7,11-12,16H,3,5-6,8-10H2,1-2H3,(H,23,24). The first-order valence-electron chi connectivity index (χ1n) is 8.51. The molecular formula is C18H24N4O2. The van der Waals surface area contributed by atoms with Crippen LogP contribution in [0.3, 0.4) is 0 Å². The first-order chi connectivity index (χ1) is 11.6. The fourth-order valence-corrected chi connectivity index (χ4v) is 3.36. The Hall–Kier alpha value is -2.21. The summed E-state index contributed by atoms with van der Waals surface area (Å²) >= 11 is 0. The molecule has 6 nitrogen and oxygen atoms in total. The first-order valence-corrected chi connectivity index (χ1v) is 8.51. The molecular weight excluding hydrogens is 304 g/mol. The summed E-state index contributed by atoms with van der Waals surface area (Å²) in [6.45, 7) is 7.52. The second-order valence-electron chi connectivity index (χ2n) is 6.40. The molecule has 3 heterocycles. The van der Waals surface area contributed by atoms with Crippen LogP contribution in [-0.2, 0) is 6.42 Å². The van der Waals surface area contributed by atoms with E-state index in [0.717, 1.165) is 49.3 Å². The second-order valence-corrected chi connectivity index (χ2v) is 6.40. The Morgan fingerprint density at radius 1 is 1.33 bits per heavy atom. The highest BCUT2D eigenvalue weighted by atomic mass is 16.4. The van der Waals surface area contributed by atoms with E-state index in [-0.39, 0.29) is 0 Å². The first kappa shape index (κ1) is 16.6. The summed E-state index contributed by atoms with van der Waals surface area (Å²) in [6.07, 6.45) is 8.02.